The van der Waals surface area contributed by atoms with Crippen LogP contribution in [-0.4, -0.2) is 15.7 Å². The van der Waals surface area contributed by atoms with E-state index in [1.54, 1.807) is 0 Å². The molecule has 1 heterocycles. The van der Waals surface area contributed by atoms with Gasteiger partial charge < -0.3 is 10.1 Å². The molecule has 0 aliphatic rings. The summed E-state index contributed by atoms with van der Waals surface area (Å²) in [6.07, 6.45) is 0. The summed E-state index contributed by atoms with van der Waals surface area (Å²) >= 11 is 1.48. The molecule has 4 nitrogen and oxygen atoms in total. The van der Waals surface area contributed by atoms with Gasteiger partial charge in [-0.05, 0) is 38.3 Å². The zero-order chi connectivity index (χ0) is 15.5. The van der Waals surface area contributed by atoms with E-state index in [4.69, 9.17) is 4.74 Å². The molecule has 0 spiro atoms. The second-order valence-corrected chi connectivity index (χ2v) is 7.38. The van der Waals surface area contributed by atoms with Crippen LogP contribution in [0.4, 0.5) is 0 Å². The minimum Gasteiger partial charge on any atom is -0.429 e. The van der Waals surface area contributed by atoms with Crippen molar-refractivity contribution in [1.29, 1.82) is 0 Å². The van der Waals surface area contributed by atoms with Crippen molar-refractivity contribution < 1.29 is 4.74 Å². The first-order valence-electron chi connectivity index (χ1n) is 7.19. The number of para-hydroxylation sites is 1. The number of hydrogen-bond acceptors (Lipinski definition) is 5. The van der Waals surface area contributed by atoms with Gasteiger partial charge in [0.15, 0.2) is 0 Å². The van der Waals surface area contributed by atoms with Crippen LogP contribution in [0.3, 0.4) is 0 Å². The van der Waals surface area contributed by atoms with E-state index >= 15 is 0 Å². The minimum atomic E-state index is 0.0664. The van der Waals surface area contributed by atoms with Crippen molar-refractivity contribution >= 4 is 11.3 Å². The maximum Gasteiger partial charge on any atom is 0.299 e. The van der Waals surface area contributed by atoms with E-state index in [-0.39, 0.29) is 5.54 Å². The monoisotopic (exact) mass is 305 g/mol. The zero-order valence-electron chi connectivity index (χ0n) is 13.3. The van der Waals surface area contributed by atoms with E-state index in [1.165, 1.54) is 16.9 Å². The topological polar surface area (TPSA) is 47.0 Å². The summed E-state index contributed by atoms with van der Waals surface area (Å²) in [5, 5.41) is 13.2. The molecule has 0 radical (unpaired) electrons. The number of ether oxygens (including phenoxy) is 1. The van der Waals surface area contributed by atoms with E-state index in [2.05, 4.69) is 56.2 Å². The van der Waals surface area contributed by atoms with Crippen molar-refractivity contribution in [2.75, 3.05) is 0 Å². The Morgan fingerprint density at radius 3 is 2.57 bits per heavy atom. The van der Waals surface area contributed by atoms with E-state index in [9.17, 15) is 0 Å². The highest BCUT2D eigenvalue weighted by atomic mass is 32.1. The quantitative estimate of drug-likeness (QED) is 0.892. The highest BCUT2D eigenvalue weighted by Gasteiger charge is 2.13. The van der Waals surface area contributed by atoms with Gasteiger partial charge in [0.05, 0.1) is 6.54 Å². The molecule has 2 aromatic rings. The SMILES string of the molecule is CC(C)c1ccccc1Oc1nnc(CNC(C)(C)C)s1. The number of aromatic nitrogens is 2. The molecule has 0 amide bonds. The highest BCUT2D eigenvalue weighted by molar-refractivity contribution is 7.13. The van der Waals surface area contributed by atoms with Crippen molar-refractivity contribution in [1.82, 2.24) is 15.5 Å². The van der Waals surface area contributed by atoms with Gasteiger partial charge in [0.25, 0.3) is 5.19 Å². The molecule has 0 atom stereocenters. The van der Waals surface area contributed by atoms with Crippen LogP contribution < -0.4 is 10.1 Å². The summed E-state index contributed by atoms with van der Waals surface area (Å²) in [5.74, 6) is 1.27. The first-order valence-corrected chi connectivity index (χ1v) is 8.01. The van der Waals surface area contributed by atoms with E-state index < -0.39 is 0 Å². The maximum absolute atomic E-state index is 5.90. The third-order valence-electron chi connectivity index (χ3n) is 2.96. The second-order valence-electron chi connectivity index (χ2n) is 6.36. The van der Waals surface area contributed by atoms with Gasteiger partial charge in [-0.2, -0.15) is 0 Å². The first kappa shape index (κ1) is 15.9. The fraction of sp³-hybridized carbons (Fsp3) is 0.500. The maximum atomic E-state index is 5.90. The average molecular weight is 305 g/mol. The zero-order valence-corrected chi connectivity index (χ0v) is 14.1. The van der Waals surface area contributed by atoms with Gasteiger partial charge in [-0.25, -0.2) is 0 Å². The van der Waals surface area contributed by atoms with E-state index in [0.717, 1.165) is 10.8 Å². The van der Waals surface area contributed by atoms with Crippen LogP contribution in [0, 0.1) is 0 Å². The van der Waals surface area contributed by atoms with E-state index in [1.807, 2.05) is 18.2 Å². The van der Waals surface area contributed by atoms with Crippen molar-refractivity contribution in [3.63, 3.8) is 0 Å². The van der Waals surface area contributed by atoms with Crippen LogP contribution >= 0.6 is 11.3 Å². The number of nitrogens with one attached hydrogen (secondary N) is 1. The molecule has 0 saturated carbocycles. The molecular formula is C16H23N3OS. The van der Waals surface area contributed by atoms with Crippen LogP contribution in [-0.2, 0) is 6.54 Å². The number of benzene rings is 1. The molecule has 0 bridgehead atoms. The van der Waals surface area contributed by atoms with E-state index in [0.29, 0.717) is 17.7 Å². The predicted octanol–water partition coefficient (Wildman–Crippen LogP) is 4.34. The highest BCUT2D eigenvalue weighted by Crippen LogP contribution is 2.31. The number of nitrogens with zero attached hydrogens (tertiary/aromatic N) is 2. The van der Waals surface area contributed by atoms with Crippen molar-refractivity contribution in [3.8, 4) is 10.9 Å². The molecule has 0 unspecified atom stereocenters. The van der Waals surface area contributed by atoms with Gasteiger partial charge >= 0.3 is 0 Å². The molecule has 0 saturated heterocycles. The summed E-state index contributed by atoms with van der Waals surface area (Å²) in [7, 11) is 0. The first-order chi connectivity index (χ1) is 9.85. The Bertz CT molecular complexity index is 587. The van der Waals surface area contributed by atoms with Gasteiger partial charge in [-0.15, -0.1) is 5.10 Å². The Hall–Kier alpha value is -1.46. The number of rotatable bonds is 5. The molecule has 1 N–H and O–H groups in total. The van der Waals surface area contributed by atoms with Crippen LogP contribution in [0.5, 0.6) is 10.9 Å². The summed E-state index contributed by atoms with van der Waals surface area (Å²) in [5.41, 5.74) is 1.25. The summed E-state index contributed by atoms with van der Waals surface area (Å²) < 4.78 is 5.90. The van der Waals surface area contributed by atoms with Crippen molar-refractivity contribution in [2.24, 2.45) is 0 Å². The molecule has 1 aromatic carbocycles. The Morgan fingerprint density at radius 2 is 1.90 bits per heavy atom. The molecular weight excluding hydrogens is 282 g/mol. The van der Waals surface area contributed by atoms with Gasteiger partial charge in [0, 0.05) is 5.54 Å². The van der Waals surface area contributed by atoms with Gasteiger partial charge in [-0.1, -0.05) is 48.5 Å². The number of hydrogen-bond donors (Lipinski definition) is 1. The molecule has 21 heavy (non-hydrogen) atoms. The Labute approximate surface area is 130 Å². The molecule has 0 fully saturated rings. The second kappa shape index (κ2) is 6.54. The predicted molar refractivity (Wildman–Crippen MR) is 87.1 cm³/mol. The molecule has 2 rings (SSSR count). The third kappa shape index (κ3) is 4.79. The third-order valence-corrected chi connectivity index (χ3v) is 3.76. The molecule has 0 aliphatic heterocycles. The van der Waals surface area contributed by atoms with Crippen molar-refractivity contribution in [3.05, 3.63) is 34.8 Å². The van der Waals surface area contributed by atoms with Crippen LogP contribution in [0.15, 0.2) is 24.3 Å². The Kier molecular flexibility index (Phi) is 4.96. The molecule has 0 aliphatic carbocycles. The Morgan fingerprint density at radius 1 is 1.19 bits per heavy atom. The molecule has 5 heteroatoms. The smallest absolute Gasteiger partial charge is 0.299 e. The minimum absolute atomic E-state index is 0.0664. The summed E-state index contributed by atoms with van der Waals surface area (Å²) in [4.78, 5) is 0. The summed E-state index contributed by atoms with van der Waals surface area (Å²) in [6, 6.07) is 8.07. The van der Waals surface area contributed by atoms with Crippen LogP contribution in [0.1, 0.15) is 51.1 Å². The fourth-order valence-electron chi connectivity index (χ4n) is 1.84. The van der Waals surface area contributed by atoms with Crippen molar-refractivity contribution in [2.45, 2.75) is 52.6 Å². The normalized spacial score (nSPS) is 11.9. The molecule has 1 aromatic heterocycles. The van der Waals surface area contributed by atoms with Gasteiger partial charge in [0.2, 0.25) is 0 Å². The lowest BCUT2D eigenvalue weighted by Crippen LogP contribution is -2.35. The fourth-order valence-corrected chi connectivity index (χ4v) is 2.48. The molecule has 114 valence electrons. The van der Waals surface area contributed by atoms with Crippen LogP contribution in [0.2, 0.25) is 0 Å². The Balaban J connectivity index is 2.06. The average Bonchev–Trinajstić information content (AvgIpc) is 2.84. The lowest BCUT2D eigenvalue weighted by atomic mass is 10.0. The summed E-state index contributed by atoms with van der Waals surface area (Å²) in [6.45, 7) is 11.4. The van der Waals surface area contributed by atoms with Gasteiger partial charge in [-0.3, -0.25) is 0 Å². The lowest BCUT2D eigenvalue weighted by Gasteiger charge is -2.19. The van der Waals surface area contributed by atoms with Gasteiger partial charge in [0.1, 0.15) is 10.8 Å². The van der Waals surface area contributed by atoms with Crippen LogP contribution in [0.25, 0.3) is 0 Å². The largest absolute Gasteiger partial charge is 0.429 e. The standard InChI is InChI=1S/C16H23N3OS/c1-11(2)12-8-6-7-9-13(12)20-15-19-18-14(21-15)10-17-16(3,4)5/h6-9,11,17H,10H2,1-5H3. The lowest BCUT2D eigenvalue weighted by molar-refractivity contribution is 0.422.